The third-order valence-corrected chi connectivity index (χ3v) is 9.21. The van der Waals surface area contributed by atoms with Crippen molar-refractivity contribution in [3.05, 3.63) is 175 Å². The summed E-state index contributed by atoms with van der Waals surface area (Å²) >= 11 is 0. The van der Waals surface area contributed by atoms with E-state index in [2.05, 4.69) is 72.8 Å². The van der Waals surface area contributed by atoms with Gasteiger partial charge >= 0.3 is 0 Å². The summed E-state index contributed by atoms with van der Waals surface area (Å²) in [6.07, 6.45) is 0. The van der Waals surface area contributed by atoms with Crippen molar-refractivity contribution in [2.24, 2.45) is 0 Å². The van der Waals surface area contributed by atoms with Crippen LogP contribution in [-0.2, 0) is 0 Å². The first-order valence-electron chi connectivity index (χ1n) is 16.7. The standard InChI is InChI=1S/C46H28N4O/c47-29-30-15-17-31(18-16-30)32-19-21-33(22-20-32)39-27-41-38-13-7-8-14-42(38)51-43(41)28-40(39)34-23-25-37(26-24-34)46-49-44(35-9-3-1-4-10-35)48-45(50-46)36-11-5-2-6-12-36/h1-28H. The Balaban J connectivity index is 1.15. The largest absolute Gasteiger partial charge is 0.456 e. The molecule has 2 aromatic heterocycles. The Morgan fingerprint density at radius 2 is 0.804 bits per heavy atom. The Morgan fingerprint density at radius 3 is 1.35 bits per heavy atom. The fraction of sp³-hybridized carbons (Fsp3) is 0. The highest BCUT2D eigenvalue weighted by molar-refractivity contribution is 6.08. The van der Waals surface area contributed by atoms with Crippen LogP contribution >= 0.6 is 0 Å². The number of para-hydroxylation sites is 1. The van der Waals surface area contributed by atoms with Gasteiger partial charge in [-0.15, -0.1) is 0 Å². The molecule has 2 heterocycles. The Kier molecular flexibility index (Phi) is 7.46. The molecule has 0 fully saturated rings. The summed E-state index contributed by atoms with van der Waals surface area (Å²) in [6.45, 7) is 0. The highest BCUT2D eigenvalue weighted by Crippen LogP contribution is 2.40. The van der Waals surface area contributed by atoms with Gasteiger partial charge in [0.2, 0.25) is 0 Å². The summed E-state index contributed by atoms with van der Waals surface area (Å²) in [5.74, 6) is 1.87. The van der Waals surface area contributed by atoms with Crippen molar-refractivity contribution in [3.63, 3.8) is 0 Å². The number of hydrogen-bond acceptors (Lipinski definition) is 5. The van der Waals surface area contributed by atoms with Gasteiger partial charge in [-0.1, -0.05) is 140 Å². The normalized spacial score (nSPS) is 11.1. The summed E-state index contributed by atoms with van der Waals surface area (Å²) < 4.78 is 6.35. The third-order valence-electron chi connectivity index (χ3n) is 9.21. The molecule has 238 valence electrons. The Labute approximate surface area is 294 Å². The molecule has 0 amide bonds. The maximum absolute atomic E-state index is 9.22. The van der Waals surface area contributed by atoms with E-state index in [9.17, 15) is 5.26 Å². The fourth-order valence-corrected chi connectivity index (χ4v) is 6.57. The van der Waals surface area contributed by atoms with Gasteiger partial charge in [0.05, 0.1) is 11.6 Å². The minimum absolute atomic E-state index is 0.612. The van der Waals surface area contributed by atoms with Crippen LogP contribution in [0, 0.1) is 11.3 Å². The zero-order valence-corrected chi connectivity index (χ0v) is 27.4. The van der Waals surface area contributed by atoms with Gasteiger partial charge in [0.15, 0.2) is 17.5 Å². The number of aromatic nitrogens is 3. The van der Waals surface area contributed by atoms with Crippen LogP contribution in [0.15, 0.2) is 174 Å². The lowest BCUT2D eigenvalue weighted by molar-refractivity contribution is 0.669. The number of hydrogen-bond donors (Lipinski definition) is 0. The minimum atomic E-state index is 0.612. The van der Waals surface area contributed by atoms with Crippen LogP contribution in [0.25, 0.3) is 89.5 Å². The molecule has 0 bridgehead atoms. The van der Waals surface area contributed by atoms with Crippen LogP contribution in [0.3, 0.4) is 0 Å². The van der Waals surface area contributed by atoms with E-state index >= 15 is 0 Å². The van der Waals surface area contributed by atoms with Crippen molar-refractivity contribution in [2.75, 3.05) is 0 Å². The Morgan fingerprint density at radius 1 is 0.373 bits per heavy atom. The van der Waals surface area contributed by atoms with Crippen molar-refractivity contribution in [3.8, 4) is 73.6 Å². The molecule has 0 aliphatic carbocycles. The first-order chi connectivity index (χ1) is 25.2. The van der Waals surface area contributed by atoms with Crippen LogP contribution in [0.5, 0.6) is 0 Å². The predicted molar refractivity (Wildman–Crippen MR) is 204 cm³/mol. The fourth-order valence-electron chi connectivity index (χ4n) is 6.57. The third kappa shape index (κ3) is 5.71. The summed E-state index contributed by atoms with van der Waals surface area (Å²) in [5.41, 5.74) is 11.6. The number of fused-ring (bicyclic) bond motifs is 3. The second kappa shape index (κ2) is 12.7. The Bertz CT molecular complexity index is 2650. The highest BCUT2D eigenvalue weighted by atomic mass is 16.3. The van der Waals surface area contributed by atoms with Crippen molar-refractivity contribution in [2.45, 2.75) is 0 Å². The van der Waals surface area contributed by atoms with E-state index in [0.717, 1.165) is 72.0 Å². The monoisotopic (exact) mass is 652 g/mol. The first-order valence-corrected chi connectivity index (χ1v) is 16.7. The smallest absolute Gasteiger partial charge is 0.164 e. The summed E-state index contributed by atoms with van der Waals surface area (Å²) in [5, 5.41) is 11.4. The second-order valence-electron chi connectivity index (χ2n) is 12.4. The van der Waals surface area contributed by atoms with Gasteiger partial charge in [-0.3, -0.25) is 0 Å². The minimum Gasteiger partial charge on any atom is -0.456 e. The van der Waals surface area contributed by atoms with Crippen molar-refractivity contribution in [1.29, 1.82) is 5.26 Å². The van der Waals surface area contributed by atoms with E-state index in [1.165, 1.54) is 0 Å². The van der Waals surface area contributed by atoms with Gasteiger partial charge in [0, 0.05) is 27.5 Å². The average Bonchev–Trinajstić information content (AvgIpc) is 3.59. The maximum atomic E-state index is 9.22. The van der Waals surface area contributed by atoms with Crippen LogP contribution in [0.4, 0.5) is 0 Å². The summed E-state index contributed by atoms with van der Waals surface area (Å²) in [7, 11) is 0. The van der Waals surface area contributed by atoms with E-state index in [1.54, 1.807) is 0 Å². The molecule has 0 N–H and O–H groups in total. The average molecular weight is 653 g/mol. The Hall–Kier alpha value is -7.16. The summed E-state index contributed by atoms with van der Waals surface area (Å²) in [6, 6.07) is 59.5. The van der Waals surface area contributed by atoms with Gasteiger partial charge in [0.25, 0.3) is 0 Å². The van der Waals surface area contributed by atoms with Gasteiger partial charge in [-0.05, 0) is 63.7 Å². The molecular formula is C46H28N4O. The van der Waals surface area contributed by atoms with Crippen molar-refractivity contribution >= 4 is 21.9 Å². The molecule has 0 radical (unpaired) electrons. The van der Waals surface area contributed by atoms with E-state index in [-0.39, 0.29) is 0 Å². The predicted octanol–water partition coefficient (Wildman–Crippen LogP) is 11.6. The number of rotatable bonds is 6. The van der Waals surface area contributed by atoms with E-state index in [0.29, 0.717) is 23.0 Å². The van der Waals surface area contributed by atoms with Gasteiger partial charge < -0.3 is 4.42 Å². The van der Waals surface area contributed by atoms with Crippen LogP contribution in [0.1, 0.15) is 5.56 Å². The molecule has 0 saturated carbocycles. The molecule has 0 spiro atoms. The number of furan rings is 1. The topological polar surface area (TPSA) is 75.6 Å². The lowest BCUT2D eigenvalue weighted by Gasteiger charge is -2.13. The molecule has 51 heavy (non-hydrogen) atoms. The van der Waals surface area contributed by atoms with Gasteiger partial charge in [0.1, 0.15) is 11.2 Å². The van der Waals surface area contributed by atoms with E-state index < -0.39 is 0 Å². The lowest BCUT2D eigenvalue weighted by atomic mass is 9.91. The van der Waals surface area contributed by atoms with Crippen LogP contribution in [0.2, 0.25) is 0 Å². The highest BCUT2D eigenvalue weighted by Gasteiger charge is 2.17. The van der Waals surface area contributed by atoms with Crippen molar-refractivity contribution < 1.29 is 4.42 Å². The van der Waals surface area contributed by atoms with Gasteiger partial charge in [-0.2, -0.15) is 5.26 Å². The van der Waals surface area contributed by atoms with E-state index in [4.69, 9.17) is 19.4 Å². The quantitative estimate of drug-likeness (QED) is 0.179. The second-order valence-corrected chi connectivity index (χ2v) is 12.4. The van der Waals surface area contributed by atoms with Crippen LogP contribution in [-0.4, -0.2) is 15.0 Å². The first kappa shape index (κ1) is 29.9. The number of benzene rings is 7. The molecule has 0 aliphatic rings. The zero-order valence-electron chi connectivity index (χ0n) is 27.4. The molecule has 5 heteroatoms. The molecular weight excluding hydrogens is 625 g/mol. The van der Waals surface area contributed by atoms with Crippen molar-refractivity contribution in [1.82, 2.24) is 15.0 Å². The maximum Gasteiger partial charge on any atom is 0.164 e. The molecule has 9 aromatic rings. The molecule has 7 aromatic carbocycles. The lowest BCUT2D eigenvalue weighted by Crippen LogP contribution is -2.00. The molecule has 5 nitrogen and oxygen atoms in total. The molecule has 0 aliphatic heterocycles. The number of nitrogens with zero attached hydrogens (tertiary/aromatic N) is 4. The molecule has 0 unspecified atom stereocenters. The molecule has 0 atom stereocenters. The summed E-state index contributed by atoms with van der Waals surface area (Å²) in [4.78, 5) is 14.7. The molecule has 0 saturated heterocycles. The van der Waals surface area contributed by atoms with Gasteiger partial charge in [-0.25, -0.2) is 15.0 Å². The number of nitriles is 1. The SMILES string of the molecule is N#Cc1ccc(-c2ccc(-c3cc4c(cc3-c3ccc(-c5nc(-c6ccccc6)nc(-c6ccccc6)n5)cc3)oc3ccccc34)cc2)cc1. The zero-order chi connectivity index (χ0) is 34.1. The van der Waals surface area contributed by atoms with Crippen LogP contribution < -0.4 is 0 Å². The molecule has 9 rings (SSSR count). The van der Waals surface area contributed by atoms with E-state index in [1.807, 2.05) is 103 Å².